The van der Waals surface area contributed by atoms with Crippen molar-refractivity contribution in [1.29, 1.82) is 0 Å². The van der Waals surface area contributed by atoms with Gasteiger partial charge in [-0.1, -0.05) is 32.4 Å². The van der Waals surface area contributed by atoms with Crippen LogP contribution in [0.4, 0.5) is 0 Å². The molecule has 1 aromatic rings. The number of rotatable bonds is 11. The largest absolute Gasteiger partial charge is 0.494 e. The summed E-state index contributed by atoms with van der Waals surface area (Å²) in [5.41, 5.74) is 1.36. The maximum absolute atomic E-state index is 5.73. The van der Waals surface area contributed by atoms with E-state index in [2.05, 4.69) is 45.0 Å². The molecule has 0 fully saturated rings. The Morgan fingerprint density at radius 3 is 2.30 bits per heavy atom. The highest BCUT2D eigenvalue weighted by atomic mass is 16.5. The summed E-state index contributed by atoms with van der Waals surface area (Å²) in [5.74, 6) is 0.981. The summed E-state index contributed by atoms with van der Waals surface area (Å²) in [5, 5.41) is 0. The average molecular weight is 278 g/mol. The molecule has 20 heavy (non-hydrogen) atoms. The molecule has 0 aliphatic rings. The van der Waals surface area contributed by atoms with Crippen LogP contribution in [0.25, 0.3) is 0 Å². The lowest BCUT2D eigenvalue weighted by Gasteiger charge is -2.11. The van der Waals surface area contributed by atoms with Crippen molar-refractivity contribution in [3.05, 3.63) is 29.8 Å². The van der Waals surface area contributed by atoms with Crippen molar-refractivity contribution in [2.24, 2.45) is 0 Å². The second-order valence-electron chi connectivity index (χ2n) is 5.38. The SMILES string of the molecule is CCCC(C)OCCCCCOc1ccc(CC)cc1. The molecule has 0 saturated heterocycles. The van der Waals surface area contributed by atoms with E-state index in [1.54, 1.807) is 0 Å². The molecule has 0 spiro atoms. The summed E-state index contributed by atoms with van der Waals surface area (Å²) < 4.78 is 11.5. The first-order chi connectivity index (χ1) is 9.76. The van der Waals surface area contributed by atoms with E-state index >= 15 is 0 Å². The van der Waals surface area contributed by atoms with E-state index in [1.165, 1.54) is 18.4 Å². The van der Waals surface area contributed by atoms with Gasteiger partial charge in [0.1, 0.15) is 5.75 Å². The molecule has 0 radical (unpaired) electrons. The Balaban J connectivity index is 1.99. The Labute approximate surface area is 124 Å². The molecule has 114 valence electrons. The molecule has 0 aliphatic heterocycles. The minimum absolute atomic E-state index is 0.410. The van der Waals surface area contributed by atoms with Crippen LogP contribution in [0.2, 0.25) is 0 Å². The van der Waals surface area contributed by atoms with Gasteiger partial charge in [-0.3, -0.25) is 0 Å². The first-order valence-electron chi connectivity index (χ1n) is 8.09. The summed E-state index contributed by atoms with van der Waals surface area (Å²) in [4.78, 5) is 0. The van der Waals surface area contributed by atoms with Crippen molar-refractivity contribution in [2.75, 3.05) is 13.2 Å². The van der Waals surface area contributed by atoms with Crippen molar-refractivity contribution in [1.82, 2.24) is 0 Å². The first kappa shape index (κ1) is 17.0. The fourth-order valence-electron chi connectivity index (χ4n) is 2.17. The molecule has 0 heterocycles. The van der Waals surface area contributed by atoms with E-state index < -0.39 is 0 Å². The molecule has 2 heteroatoms. The number of unbranched alkanes of at least 4 members (excludes halogenated alkanes) is 2. The topological polar surface area (TPSA) is 18.5 Å². The van der Waals surface area contributed by atoms with Gasteiger partial charge < -0.3 is 9.47 Å². The van der Waals surface area contributed by atoms with Crippen LogP contribution in [0.3, 0.4) is 0 Å². The van der Waals surface area contributed by atoms with Crippen LogP contribution in [0.5, 0.6) is 5.75 Å². The number of ether oxygens (including phenoxy) is 2. The third-order valence-electron chi connectivity index (χ3n) is 3.49. The quantitative estimate of drug-likeness (QED) is 0.530. The van der Waals surface area contributed by atoms with Crippen LogP contribution in [-0.4, -0.2) is 19.3 Å². The lowest BCUT2D eigenvalue weighted by Crippen LogP contribution is -2.08. The molecule has 2 nitrogen and oxygen atoms in total. The molecule has 0 saturated carbocycles. The average Bonchev–Trinajstić information content (AvgIpc) is 2.47. The van der Waals surface area contributed by atoms with Crippen molar-refractivity contribution < 1.29 is 9.47 Å². The minimum atomic E-state index is 0.410. The van der Waals surface area contributed by atoms with Crippen molar-refractivity contribution in [2.45, 2.75) is 65.4 Å². The predicted octanol–water partition coefficient (Wildman–Crippen LogP) is 5.00. The summed E-state index contributed by atoms with van der Waals surface area (Å²) in [6.07, 6.45) is 7.26. The van der Waals surface area contributed by atoms with Crippen molar-refractivity contribution in [3.8, 4) is 5.75 Å². The zero-order valence-corrected chi connectivity index (χ0v) is 13.4. The van der Waals surface area contributed by atoms with Gasteiger partial charge in [0, 0.05) is 6.61 Å². The minimum Gasteiger partial charge on any atom is -0.494 e. The summed E-state index contributed by atoms with van der Waals surface area (Å²) in [6, 6.07) is 8.40. The monoisotopic (exact) mass is 278 g/mol. The number of hydrogen-bond acceptors (Lipinski definition) is 2. The highest BCUT2D eigenvalue weighted by molar-refractivity contribution is 5.27. The van der Waals surface area contributed by atoms with Crippen LogP contribution in [0.1, 0.15) is 58.4 Å². The van der Waals surface area contributed by atoms with Gasteiger partial charge in [-0.15, -0.1) is 0 Å². The highest BCUT2D eigenvalue weighted by Crippen LogP contribution is 2.13. The van der Waals surface area contributed by atoms with Crippen molar-refractivity contribution >= 4 is 0 Å². The Morgan fingerprint density at radius 2 is 1.65 bits per heavy atom. The van der Waals surface area contributed by atoms with Crippen LogP contribution in [0, 0.1) is 0 Å². The summed E-state index contributed by atoms with van der Waals surface area (Å²) in [7, 11) is 0. The highest BCUT2D eigenvalue weighted by Gasteiger charge is 2.00. The summed E-state index contributed by atoms with van der Waals surface area (Å²) >= 11 is 0. The van der Waals surface area contributed by atoms with Gasteiger partial charge in [0.15, 0.2) is 0 Å². The van der Waals surface area contributed by atoms with Gasteiger partial charge in [0.05, 0.1) is 12.7 Å². The number of benzene rings is 1. The fraction of sp³-hybridized carbons (Fsp3) is 0.667. The molecule has 1 unspecified atom stereocenters. The molecular formula is C18H30O2. The van der Waals surface area contributed by atoms with Crippen molar-refractivity contribution in [3.63, 3.8) is 0 Å². The van der Waals surface area contributed by atoms with Crippen LogP contribution < -0.4 is 4.74 Å². The van der Waals surface area contributed by atoms with Gasteiger partial charge in [-0.25, -0.2) is 0 Å². The maximum Gasteiger partial charge on any atom is 0.119 e. The van der Waals surface area contributed by atoms with Gasteiger partial charge in [-0.2, -0.15) is 0 Å². The number of hydrogen-bond donors (Lipinski definition) is 0. The van der Waals surface area contributed by atoms with E-state index in [4.69, 9.17) is 9.47 Å². The van der Waals surface area contributed by atoms with E-state index in [9.17, 15) is 0 Å². The third-order valence-corrected chi connectivity index (χ3v) is 3.49. The standard InChI is InChI=1S/C18H30O2/c1-4-9-16(3)19-14-7-6-8-15-20-18-12-10-17(5-2)11-13-18/h10-13,16H,4-9,14-15H2,1-3H3. The second kappa shape index (κ2) is 10.7. The lowest BCUT2D eigenvalue weighted by molar-refractivity contribution is 0.0566. The Morgan fingerprint density at radius 1 is 0.950 bits per heavy atom. The molecule has 0 amide bonds. The Bertz CT molecular complexity index is 332. The normalized spacial score (nSPS) is 12.3. The summed E-state index contributed by atoms with van der Waals surface area (Å²) in [6.45, 7) is 8.21. The molecule has 0 aliphatic carbocycles. The van der Waals surface area contributed by atoms with Crippen LogP contribution in [-0.2, 0) is 11.2 Å². The third kappa shape index (κ3) is 7.54. The molecular weight excluding hydrogens is 248 g/mol. The lowest BCUT2D eigenvalue weighted by atomic mass is 10.2. The number of aryl methyl sites for hydroxylation is 1. The molecule has 1 rings (SSSR count). The van der Waals surface area contributed by atoms with E-state index in [1.807, 2.05) is 0 Å². The molecule has 1 aromatic carbocycles. The van der Waals surface area contributed by atoms with E-state index in [0.29, 0.717) is 6.10 Å². The van der Waals surface area contributed by atoms with Crippen LogP contribution >= 0.6 is 0 Å². The maximum atomic E-state index is 5.73. The van der Waals surface area contributed by atoms with Gasteiger partial charge in [0.25, 0.3) is 0 Å². The molecule has 0 N–H and O–H groups in total. The van der Waals surface area contributed by atoms with E-state index in [-0.39, 0.29) is 0 Å². The predicted molar refractivity (Wildman–Crippen MR) is 85.5 cm³/mol. The molecule has 0 bridgehead atoms. The van der Waals surface area contributed by atoms with Crippen LogP contribution in [0.15, 0.2) is 24.3 Å². The van der Waals surface area contributed by atoms with Gasteiger partial charge >= 0.3 is 0 Å². The molecule has 0 aromatic heterocycles. The van der Waals surface area contributed by atoms with Gasteiger partial charge in [0.2, 0.25) is 0 Å². The zero-order chi connectivity index (χ0) is 14.6. The van der Waals surface area contributed by atoms with E-state index in [0.717, 1.165) is 44.6 Å². The Hall–Kier alpha value is -1.02. The zero-order valence-electron chi connectivity index (χ0n) is 13.4. The Kier molecular flexibility index (Phi) is 9.14. The first-order valence-corrected chi connectivity index (χ1v) is 8.09. The molecule has 1 atom stereocenters. The van der Waals surface area contributed by atoms with Gasteiger partial charge in [-0.05, 0) is 56.7 Å². The second-order valence-corrected chi connectivity index (χ2v) is 5.38. The smallest absolute Gasteiger partial charge is 0.119 e. The fourth-order valence-corrected chi connectivity index (χ4v) is 2.17.